The van der Waals surface area contributed by atoms with Crippen molar-refractivity contribution in [3.63, 3.8) is 0 Å². The van der Waals surface area contributed by atoms with Crippen molar-refractivity contribution in [1.29, 1.82) is 0 Å². The minimum atomic E-state index is -0.614. The molecule has 1 N–H and O–H groups in total. The highest BCUT2D eigenvalue weighted by Crippen LogP contribution is 2.22. The molecule has 0 atom stereocenters. The number of esters is 2. The second-order valence-electron chi connectivity index (χ2n) is 5.23. The Hall–Kier alpha value is -2.11. The molecule has 1 aromatic heterocycles. The SMILES string of the molecule is CNc1nccc(COC(C)=O)c1C(=O)OC(C)(C)C. The van der Waals surface area contributed by atoms with Crippen molar-refractivity contribution < 1.29 is 19.1 Å². The van der Waals surface area contributed by atoms with Crippen LogP contribution in [0.4, 0.5) is 5.82 Å². The summed E-state index contributed by atoms with van der Waals surface area (Å²) in [6.45, 7) is 6.67. The Balaban J connectivity index is 3.12. The fourth-order valence-corrected chi connectivity index (χ4v) is 1.55. The van der Waals surface area contributed by atoms with E-state index >= 15 is 0 Å². The van der Waals surface area contributed by atoms with Crippen molar-refractivity contribution in [1.82, 2.24) is 4.98 Å². The fraction of sp³-hybridized carbons (Fsp3) is 0.500. The van der Waals surface area contributed by atoms with Gasteiger partial charge in [0.2, 0.25) is 0 Å². The topological polar surface area (TPSA) is 77.5 Å². The summed E-state index contributed by atoms with van der Waals surface area (Å²) in [4.78, 5) is 27.3. The molecule has 0 saturated heterocycles. The third-order valence-electron chi connectivity index (χ3n) is 2.31. The number of carbonyl (C=O) groups is 2. The summed E-state index contributed by atoms with van der Waals surface area (Å²) in [6.07, 6.45) is 1.54. The summed E-state index contributed by atoms with van der Waals surface area (Å²) in [6, 6.07) is 1.63. The van der Waals surface area contributed by atoms with E-state index in [0.29, 0.717) is 11.4 Å². The molecule has 6 heteroatoms. The highest BCUT2D eigenvalue weighted by molar-refractivity contribution is 5.96. The van der Waals surface area contributed by atoms with E-state index in [9.17, 15) is 9.59 Å². The third kappa shape index (κ3) is 4.53. The van der Waals surface area contributed by atoms with E-state index in [2.05, 4.69) is 10.3 Å². The quantitative estimate of drug-likeness (QED) is 0.851. The lowest BCUT2D eigenvalue weighted by Gasteiger charge is -2.21. The van der Waals surface area contributed by atoms with E-state index in [1.807, 2.05) is 0 Å². The zero-order valence-corrected chi connectivity index (χ0v) is 12.4. The van der Waals surface area contributed by atoms with E-state index < -0.39 is 17.5 Å². The molecule has 0 amide bonds. The summed E-state index contributed by atoms with van der Waals surface area (Å²) >= 11 is 0. The molecule has 110 valence electrons. The highest BCUT2D eigenvalue weighted by atomic mass is 16.6. The maximum Gasteiger partial charge on any atom is 0.342 e. The van der Waals surface area contributed by atoms with Gasteiger partial charge in [-0.15, -0.1) is 0 Å². The number of rotatable bonds is 4. The van der Waals surface area contributed by atoms with Crippen LogP contribution < -0.4 is 5.32 Å². The van der Waals surface area contributed by atoms with Crippen LogP contribution in [-0.4, -0.2) is 29.6 Å². The van der Waals surface area contributed by atoms with Gasteiger partial charge in [0.05, 0.1) is 0 Å². The Morgan fingerprint density at radius 3 is 2.50 bits per heavy atom. The molecule has 20 heavy (non-hydrogen) atoms. The predicted octanol–water partition coefficient (Wildman–Crippen LogP) is 2.14. The minimum Gasteiger partial charge on any atom is -0.461 e. The van der Waals surface area contributed by atoms with Gasteiger partial charge >= 0.3 is 11.9 Å². The summed E-state index contributed by atoms with van der Waals surface area (Å²) < 4.78 is 10.3. The van der Waals surface area contributed by atoms with E-state index in [4.69, 9.17) is 9.47 Å². The number of hydrogen-bond donors (Lipinski definition) is 1. The molecule has 1 aromatic rings. The molecule has 0 saturated carbocycles. The number of nitrogens with one attached hydrogen (secondary N) is 1. The second kappa shape index (κ2) is 6.36. The maximum atomic E-state index is 12.3. The van der Waals surface area contributed by atoms with E-state index in [0.717, 1.165) is 0 Å². The van der Waals surface area contributed by atoms with Gasteiger partial charge in [0.25, 0.3) is 0 Å². The maximum absolute atomic E-state index is 12.3. The van der Waals surface area contributed by atoms with Crippen LogP contribution in [0.1, 0.15) is 43.6 Å². The van der Waals surface area contributed by atoms with Gasteiger partial charge < -0.3 is 14.8 Å². The monoisotopic (exact) mass is 280 g/mol. The van der Waals surface area contributed by atoms with E-state index in [-0.39, 0.29) is 12.2 Å². The van der Waals surface area contributed by atoms with Gasteiger partial charge in [-0.1, -0.05) is 0 Å². The van der Waals surface area contributed by atoms with Gasteiger partial charge in [0.15, 0.2) is 0 Å². The lowest BCUT2D eigenvalue weighted by Crippen LogP contribution is -2.25. The van der Waals surface area contributed by atoms with Gasteiger partial charge in [0, 0.05) is 25.7 Å². The zero-order valence-electron chi connectivity index (χ0n) is 12.4. The van der Waals surface area contributed by atoms with Gasteiger partial charge in [-0.25, -0.2) is 9.78 Å². The van der Waals surface area contributed by atoms with E-state index in [1.54, 1.807) is 40.1 Å². The third-order valence-corrected chi connectivity index (χ3v) is 2.31. The number of anilines is 1. The molecule has 1 rings (SSSR count). The Morgan fingerprint density at radius 1 is 1.35 bits per heavy atom. The molecule has 0 bridgehead atoms. The smallest absolute Gasteiger partial charge is 0.342 e. The summed E-state index contributed by atoms with van der Waals surface area (Å²) in [7, 11) is 1.66. The summed E-state index contributed by atoms with van der Waals surface area (Å²) in [5, 5.41) is 2.84. The molecular formula is C14H20N2O4. The standard InChI is InChI=1S/C14H20N2O4/c1-9(17)19-8-10-6-7-16-12(15-5)11(10)13(18)20-14(2,3)4/h6-7H,8H2,1-5H3,(H,15,16). The van der Waals surface area contributed by atoms with E-state index in [1.165, 1.54) is 6.92 Å². The molecule has 0 aliphatic heterocycles. The first kappa shape index (κ1) is 15.9. The molecule has 0 fully saturated rings. The summed E-state index contributed by atoms with van der Waals surface area (Å²) in [5.74, 6) is -0.524. The molecule has 0 radical (unpaired) electrons. The van der Waals surface area contributed by atoms with Crippen molar-refractivity contribution >= 4 is 17.8 Å². The van der Waals surface area contributed by atoms with Crippen LogP contribution in [0, 0.1) is 0 Å². The van der Waals surface area contributed by atoms with Gasteiger partial charge in [0.1, 0.15) is 23.6 Å². The van der Waals surface area contributed by atoms with Crippen molar-refractivity contribution in [2.75, 3.05) is 12.4 Å². The fourth-order valence-electron chi connectivity index (χ4n) is 1.55. The average molecular weight is 280 g/mol. The van der Waals surface area contributed by atoms with Crippen LogP contribution in [0.3, 0.4) is 0 Å². The van der Waals surface area contributed by atoms with Gasteiger partial charge in [-0.2, -0.15) is 0 Å². The normalized spacial score (nSPS) is 10.8. The number of carbonyl (C=O) groups excluding carboxylic acids is 2. The second-order valence-corrected chi connectivity index (χ2v) is 5.23. The first-order valence-corrected chi connectivity index (χ1v) is 6.27. The van der Waals surface area contributed by atoms with Crippen molar-refractivity contribution in [2.45, 2.75) is 39.9 Å². The number of aromatic nitrogens is 1. The highest BCUT2D eigenvalue weighted by Gasteiger charge is 2.24. The van der Waals surface area contributed by atoms with Crippen LogP contribution in [-0.2, 0) is 20.9 Å². The lowest BCUT2D eigenvalue weighted by molar-refractivity contribution is -0.142. The minimum absolute atomic E-state index is 0.00110. The molecule has 6 nitrogen and oxygen atoms in total. The van der Waals surface area contributed by atoms with Crippen LogP contribution in [0.5, 0.6) is 0 Å². The number of ether oxygens (including phenoxy) is 2. The van der Waals surface area contributed by atoms with Crippen LogP contribution >= 0.6 is 0 Å². The molecule has 0 spiro atoms. The molecule has 0 unspecified atom stereocenters. The lowest BCUT2D eigenvalue weighted by atomic mass is 10.1. The van der Waals surface area contributed by atoms with Crippen molar-refractivity contribution in [3.05, 3.63) is 23.4 Å². The Labute approximate surface area is 118 Å². The molecule has 0 aliphatic carbocycles. The summed E-state index contributed by atoms with van der Waals surface area (Å²) in [5.41, 5.74) is 0.219. The van der Waals surface area contributed by atoms with Gasteiger partial charge in [-0.05, 0) is 26.8 Å². The Kier molecular flexibility index (Phi) is 5.07. The molecule has 0 aromatic carbocycles. The molecule has 1 heterocycles. The van der Waals surface area contributed by atoms with Crippen molar-refractivity contribution in [3.8, 4) is 0 Å². The Bertz CT molecular complexity index is 506. The van der Waals surface area contributed by atoms with Crippen molar-refractivity contribution in [2.24, 2.45) is 0 Å². The number of pyridine rings is 1. The Morgan fingerprint density at radius 2 is 2.00 bits per heavy atom. The zero-order chi connectivity index (χ0) is 15.3. The van der Waals surface area contributed by atoms with Crippen LogP contribution in [0.25, 0.3) is 0 Å². The van der Waals surface area contributed by atoms with Crippen LogP contribution in [0.15, 0.2) is 12.3 Å². The number of nitrogens with zero attached hydrogens (tertiary/aromatic N) is 1. The molecule has 0 aliphatic rings. The van der Waals surface area contributed by atoms with Gasteiger partial charge in [-0.3, -0.25) is 4.79 Å². The average Bonchev–Trinajstić information content (AvgIpc) is 2.33. The van der Waals surface area contributed by atoms with Crippen LogP contribution in [0.2, 0.25) is 0 Å². The first-order chi connectivity index (χ1) is 9.24. The molecular weight excluding hydrogens is 260 g/mol. The largest absolute Gasteiger partial charge is 0.461 e. The first-order valence-electron chi connectivity index (χ1n) is 6.27. The predicted molar refractivity (Wildman–Crippen MR) is 74.4 cm³/mol. The number of hydrogen-bond acceptors (Lipinski definition) is 6.